The van der Waals surface area contributed by atoms with Gasteiger partial charge >= 0.3 is 0 Å². The maximum Gasteiger partial charge on any atom is -0.0352 e. The van der Waals surface area contributed by atoms with Gasteiger partial charge in [0.2, 0.25) is 0 Å². The fourth-order valence-electron chi connectivity index (χ4n) is 2.84. The molecule has 0 aromatic rings. The van der Waals surface area contributed by atoms with Gasteiger partial charge in [-0.15, -0.1) is 0 Å². The Kier molecular flexibility index (Phi) is 1.71. The first-order chi connectivity index (χ1) is 4.93. The van der Waals surface area contributed by atoms with E-state index in [0.29, 0.717) is 0 Å². The topological polar surface area (TPSA) is 0 Å². The number of hydrogen-bond acceptors (Lipinski definition) is 0. The minimum Gasteiger partial charge on any atom is -0.0654 e. The Hall–Kier alpha value is 0. The molecule has 2 aliphatic rings. The van der Waals surface area contributed by atoms with Crippen LogP contribution in [-0.4, -0.2) is 0 Å². The number of fused-ring (bicyclic) bond motifs is 1. The Morgan fingerprint density at radius 2 is 1.90 bits per heavy atom. The average Bonchev–Trinajstić information content (AvgIpc) is 2.46. The summed E-state index contributed by atoms with van der Waals surface area (Å²) in [6.45, 7) is 2.30. The predicted octanol–water partition coefficient (Wildman–Crippen LogP) is 3.22. The largest absolute Gasteiger partial charge is 0.0654 e. The van der Waals surface area contributed by atoms with Crippen LogP contribution in [0, 0.1) is 17.8 Å². The van der Waals surface area contributed by atoms with Crippen molar-refractivity contribution in [3.05, 3.63) is 0 Å². The van der Waals surface area contributed by atoms with Gasteiger partial charge in [0.25, 0.3) is 0 Å². The molecule has 0 heteroatoms. The zero-order chi connectivity index (χ0) is 6.97. The Balaban J connectivity index is 1.69. The van der Waals surface area contributed by atoms with Crippen LogP contribution in [0.25, 0.3) is 0 Å². The van der Waals surface area contributed by atoms with Crippen molar-refractivity contribution in [3.63, 3.8) is 0 Å². The SMILES string of the molecule is CCCCC1[C@H]2CCC[C@@H]12. The van der Waals surface area contributed by atoms with Gasteiger partial charge in [-0.1, -0.05) is 26.2 Å². The molecular weight excluding hydrogens is 120 g/mol. The van der Waals surface area contributed by atoms with Crippen LogP contribution in [0.3, 0.4) is 0 Å². The third kappa shape index (κ3) is 0.980. The minimum absolute atomic E-state index is 1.19. The van der Waals surface area contributed by atoms with Crippen molar-refractivity contribution < 1.29 is 0 Å². The molecular formula is C10H18. The summed E-state index contributed by atoms with van der Waals surface area (Å²) in [7, 11) is 0. The quantitative estimate of drug-likeness (QED) is 0.561. The van der Waals surface area contributed by atoms with E-state index in [1.807, 2.05) is 0 Å². The van der Waals surface area contributed by atoms with Gasteiger partial charge < -0.3 is 0 Å². The van der Waals surface area contributed by atoms with Crippen LogP contribution in [0.4, 0.5) is 0 Å². The first-order valence-corrected chi connectivity index (χ1v) is 4.93. The molecule has 0 heterocycles. The molecule has 0 spiro atoms. The monoisotopic (exact) mass is 138 g/mol. The third-order valence-corrected chi connectivity index (χ3v) is 3.47. The van der Waals surface area contributed by atoms with Crippen LogP contribution >= 0.6 is 0 Å². The maximum absolute atomic E-state index is 2.30. The van der Waals surface area contributed by atoms with Crippen molar-refractivity contribution in [2.75, 3.05) is 0 Å². The van der Waals surface area contributed by atoms with Crippen molar-refractivity contribution in [2.24, 2.45) is 17.8 Å². The van der Waals surface area contributed by atoms with E-state index in [2.05, 4.69) is 6.92 Å². The molecule has 0 aliphatic heterocycles. The first kappa shape index (κ1) is 6.69. The molecule has 0 nitrogen and oxygen atoms in total. The lowest BCUT2D eigenvalue weighted by molar-refractivity contribution is 0.529. The summed E-state index contributed by atoms with van der Waals surface area (Å²) in [5.41, 5.74) is 0. The fourth-order valence-corrected chi connectivity index (χ4v) is 2.84. The van der Waals surface area contributed by atoms with E-state index >= 15 is 0 Å². The van der Waals surface area contributed by atoms with E-state index in [9.17, 15) is 0 Å². The molecule has 0 amide bonds. The fraction of sp³-hybridized carbons (Fsp3) is 1.00. The molecule has 0 bridgehead atoms. The molecule has 3 atom stereocenters. The van der Waals surface area contributed by atoms with Gasteiger partial charge in [-0.25, -0.2) is 0 Å². The van der Waals surface area contributed by atoms with Gasteiger partial charge in [-0.05, 0) is 37.0 Å². The van der Waals surface area contributed by atoms with Crippen molar-refractivity contribution >= 4 is 0 Å². The third-order valence-electron chi connectivity index (χ3n) is 3.47. The van der Waals surface area contributed by atoms with Gasteiger partial charge in [-0.2, -0.15) is 0 Å². The normalized spacial score (nSPS) is 43.5. The second-order valence-corrected chi connectivity index (χ2v) is 4.06. The lowest BCUT2D eigenvalue weighted by Gasteiger charge is -1.99. The molecule has 0 aromatic heterocycles. The molecule has 0 saturated heterocycles. The van der Waals surface area contributed by atoms with E-state index in [-0.39, 0.29) is 0 Å². The summed E-state index contributed by atoms with van der Waals surface area (Å²) in [6, 6.07) is 0. The van der Waals surface area contributed by atoms with Crippen LogP contribution in [-0.2, 0) is 0 Å². The van der Waals surface area contributed by atoms with Gasteiger partial charge in [0, 0.05) is 0 Å². The highest BCUT2D eigenvalue weighted by Crippen LogP contribution is 2.59. The van der Waals surface area contributed by atoms with E-state index in [1.54, 1.807) is 19.3 Å². The van der Waals surface area contributed by atoms with Crippen molar-refractivity contribution in [1.29, 1.82) is 0 Å². The molecule has 0 aromatic carbocycles. The van der Waals surface area contributed by atoms with E-state index < -0.39 is 0 Å². The summed E-state index contributed by atoms with van der Waals surface area (Å²) < 4.78 is 0. The molecule has 10 heavy (non-hydrogen) atoms. The second-order valence-electron chi connectivity index (χ2n) is 4.06. The number of rotatable bonds is 3. The molecule has 0 N–H and O–H groups in total. The predicted molar refractivity (Wildman–Crippen MR) is 43.8 cm³/mol. The van der Waals surface area contributed by atoms with Gasteiger partial charge in [0.05, 0.1) is 0 Å². The highest BCUT2D eigenvalue weighted by Gasteiger charge is 2.51. The summed E-state index contributed by atoms with van der Waals surface area (Å²) in [5, 5.41) is 0. The lowest BCUT2D eigenvalue weighted by Crippen LogP contribution is -1.86. The highest BCUT2D eigenvalue weighted by molar-refractivity contribution is 5.00. The number of hydrogen-bond donors (Lipinski definition) is 0. The Morgan fingerprint density at radius 1 is 1.20 bits per heavy atom. The van der Waals surface area contributed by atoms with Crippen LogP contribution in [0.2, 0.25) is 0 Å². The summed E-state index contributed by atoms with van der Waals surface area (Å²) >= 11 is 0. The minimum atomic E-state index is 1.19. The van der Waals surface area contributed by atoms with Crippen LogP contribution < -0.4 is 0 Å². The summed E-state index contributed by atoms with van der Waals surface area (Å²) in [6.07, 6.45) is 9.11. The zero-order valence-electron chi connectivity index (χ0n) is 6.97. The molecule has 2 saturated carbocycles. The Morgan fingerprint density at radius 3 is 2.50 bits per heavy atom. The highest BCUT2D eigenvalue weighted by atomic mass is 14.6. The molecule has 2 fully saturated rings. The van der Waals surface area contributed by atoms with Crippen LogP contribution in [0.1, 0.15) is 45.4 Å². The van der Waals surface area contributed by atoms with Gasteiger partial charge in [0.15, 0.2) is 0 Å². The smallest absolute Gasteiger partial charge is 0.0352 e. The number of unbranched alkanes of at least 4 members (excludes halogenated alkanes) is 1. The average molecular weight is 138 g/mol. The second kappa shape index (κ2) is 2.56. The maximum atomic E-state index is 2.30. The van der Waals surface area contributed by atoms with Gasteiger partial charge in [-0.3, -0.25) is 0 Å². The molecule has 0 radical (unpaired) electrons. The van der Waals surface area contributed by atoms with E-state index in [0.717, 1.165) is 0 Å². The molecule has 1 unspecified atom stereocenters. The van der Waals surface area contributed by atoms with E-state index in [4.69, 9.17) is 0 Å². The van der Waals surface area contributed by atoms with Crippen molar-refractivity contribution in [3.8, 4) is 0 Å². The van der Waals surface area contributed by atoms with Crippen LogP contribution in [0.5, 0.6) is 0 Å². The zero-order valence-corrected chi connectivity index (χ0v) is 6.97. The van der Waals surface area contributed by atoms with Crippen LogP contribution in [0.15, 0.2) is 0 Å². The standard InChI is InChI=1S/C10H18/c1-2-3-5-8-9-6-4-7-10(8)9/h8-10H,2-7H2,1H3/t8?,9-,10+. The van der Waals surface area contributed by atoms with Crippen molar-refractivity contribution in [2.45, 2.75) is 45.4 Å². The molecule has 58 valence electrons. The van der Waals surface area contributed by atoms with Gasteiger partial charge in [0.1, 0.15) is 0 Å². The Bertz CT molecular complexity index is 107. The first-order valence-electron chi connectivity index (χ1n) is 4.93. The van der Waals surface area contributed by atoms with E-state index in [1.165, 1.54) is 37.0 Å². The van der Waals surface area contributed by atoms with Crippen molar-refractivity contribution in [1.82, 2.24) is 0 Å². The summed E-state index contributed by atoms with van der Waals surface area (Å²) in [5.74, 6) is 3.59. The Labute approximate surface area is 64.0 Å². The molecule has 2 aliphatic carbocycles. The lowest BCUT2D eigenvalue weighted by atomic mass is 10.1. The molecule has 2 rings (SSSR count). The summed E-state index contributed by atoms with van der Waals surface area (Å²) in [4.78, 5) is 0.